The number of aromatic nitrogens is 2. The van der Waals surface area contributed by atoms with Crippen molar-refractivity contribution in [2.24, 2.45) is 0 Å². The van der Waals surface area contributed by atoms with Crippen molar-refractivity contribution in [2.75, 3.05) is 5.73 Å². The van der Waals surface area contributed by atoms with Gasteiger partial charge in [-0.05, 0) is 23.6 Å². The van der Waals surface area contributed by atoms with Gasteiger partial charge in [-0.25, -0.2) is 4.39 Å². The lowest BCUT2D eigenvalue weighted by molar-refractivity contribution is 0.422. The summed E-state index contributed by atoms with van der Waals surface area (Å²) in [5, 5.41) is 5.83. The lowest BCUT2D eigenvalue weighted by atomic mass is 10.1. The summed E-state index contributed by atoms with van der Waals surface area (Å²) in [5.41, 5.74) is 6.18. The van der Waals surface area contributed by atoms with Crippen LogP contribution >= 0.6 is 11.3 Å². The molecule has 2 N–H and O–H groups in total. The Balaban J connectivity index is 1.93. The summed E-state index contributed by atoms with van der Waals surface area (Å²) in [6.07, 6.45) is 0.565. The first-order valence-corrected chi connectivity index (χ1v) is 6.51. The molecule has 0 fully saturated rings. The first-order chi connectivity index (χ1) is 9.24. The highest BCUT2D eigenvalue weighted by molar-refractivity contribution is 7.09. The van der Waals surface area contributed by atoms with Crippen LogP contribution in [0.1, 0.15) is 10.7 Å². The van der Waals surface area contributed by atoms with E-state index in [0.29, 0.717) is 12.2 Å². The molecule has 0 saturated carbocycles. The number of thiophene rings is 1. The van der Waals surface area contributed by atoms with Crippen LogP contribution in [0.3, 0.4) is 0 Å². The maximum Gasteiger partial charge on any atom is 0.263 e. The van der Waals surface area contributed by atoms with Gasteiger partial charge in [0.25, 0.3) is 5.89 Å². The van der Waals surface area contributed by atoms with Crippen molar-refractivity contribution < 1.29 is 8.91 Å². The zero-order chi connectivity index (χ0) is 13.2. The molecule has 0 aliphatic carbocycles. The van der Waals surface area contributed by atoms with Crippen molar-refractivity contribution in [3.63, 3.8) is 0 Å². The molecule has 0 aliphatic heterocycles. The lowest BCUT2D eigenvalue weighted by Gasteiger charge is -2.00. The minimum atomic E-state index is -0.466. The van der Waals surface area contributed by atoms with E-state index in [1.165, 1.54) is 12.1 Å². The first kappa shape index (κ1) is 11.9. The highest BCUT2D eigenvalue weighted by atomic mass is 32.1. The second kappa shape index (κ2) is 4.81. The predicted octanol–water partition coefficient (Wildman–Crippen LogP) is 3.11. The van der Waals surface area contributed by atoms with Gasteiger partial charge < -0.3 is 10.3 Å². The van der Waals surface area contributed by atoms with Crippen molar-refractivity contribution >= 4 is 17.0 Å². The molecular weight excluding hydrogens is 265 g/mol. The minimum Gasteiger partial charge on any atom is -0.398 e. The number of hydrogen-bond donors (Lipinski definition) is 1. The zero-order valence-electron chi connectivity index (χ0n) is 9.84. The molecule has 2 heterocycles. The van der Waals surface area contributed by atoms with Gasteiger partial charge in [0.15, 0.2) is 5.82 Å². The molecule has 0 aliphatic rings. The van der Waals surface area contributed by atoms with Gasteiger partial charge in [0.1, 0.15) is 5.82 Å². The molecule has 0 radical (unpaired) electrons. The fourth-order valence-electron chi connectivity index (χ4n) is 1.76. The summed E-state index contributed by atoms with van der Waals surface area (Å²) in [7, 11) is 0. The molecule has 4 nitrogen and oxygen atoms in total. The number of nitrogens with zero attached hydrogens (tertiary/aromatic N) is 2. The number of rotatable bonds is 3. The molecule has 1 aromatic carbocycles. The Labute approximate surface area is 112 Å². The summed E-state index contributed by atoms with van der Waals surface area (Å²) in [4.78, 5) is 5.31. The molecule has 0 amide bonds. The Kier molecular flexibility index (Phi) is 3.00. The summed E-state index contributed by atoms with van der Waals surface area (Å²) >= 11 is 1.61. The summed E-state index contributed by atoms with van der Waals surface area (Å²) in [6.45, 7) is 0. The monoisotopic (exact) mass is 275 g/mol. The maximum atomic E-state index is 13.7. The van der Waals surface area contributed by atoms with Crippen LogP contribution in [-0.2, 0) is 6.42 Å². The Bertz CT molecular complexity index is 673. The molecule has 96 valence electrons. The van der Waals surface area contributed by atoms with Gasteiger partial charge in [0, 0.05) is 17.0 Å². The van der Waals surface area contributed by atoms with Gasteiger partial charge in [-0.2, -0.15) is 4.98 Å². The van der Waals surface area contributed by atoms with Crippen LogP contribution in [0.5, 0.6) is 0 Å². The van der Waals surface area contributed by atoms with Crippen LogP contribution in [-0.4, -0.2) is 10.1 Å². The van der Waals surface area contributed by atoms with E-state index in [4.69, 9.17) is 10.3 Å². The maximum absolute atomic E-state index is 13.7. The number of halogens is 1. The molecule has 3 rings (SSSR count). The molecule has 0 bridgehead atoms. The highest BCUT2D eigenvalue weighted by Crippen LogP contribution is 2.27. The van der Waals surface area contributed by atoms with E-state index in [0.717, 1.165) is 4.88 Å². The highest BCUT2D eigenvalue weighted by Gasteiger charge is 2.16. The number of hydrogen-bond acceptors (Lipinski definition) is 5. The second-order valence-electron chi connectivity index (χ2n) is 3.98. The van der Waals surface area contributed by atoms with Crippen molar-refractivity contribution in [1.29, 1.82) is 0 Å². The van der Waals surface area contributed by atoms with Crippen LogP contribution in [0, 0.1) is 5.82 Å². The summed E-state index contributed by atoms with van der Waals surface area (Å²) in [6, 6.07) is 8.39. The van der Waals surface area contributed by atoms with Gasteiger partial charge in [-0.3, -0.25) is 0 Å². The van der Waals surface area contributed by atoms with E-state index in [9.17, 15) is 4.39 Å². The van der Waals surface area contributed by atoms with E-state index in [-0.39, 0.29) is 17.1 Å². The van der Waals surface area contributed by atoms with Gasteiger partial charge in [-0.15, -0.1) is 11.3 Å². The van der Waals surface area contributed by atoms with Gasteiger partial charge in [0.05, 0.1) is 5.56 Å². The van der Waals surface area contributed by atoms with Gasteiger partial charge in [-0.1, -0.05) is 17.3 Å². The molecule has 0 saturated heterocycles. The Morgan fingerprint density at radius 2 is 2.16 bits per heavy atom. The Morgan fingerprint density at radius 3 is 2.89 bits per heavy atom. The van der Waals surface area contributed by atoms with Crippen molar-refractivity contribution in [3.8, 4) is 11.5 Å². The SMILES string of the molecule is Nc1cccc(F)c1-c1nc(Cc2cccs2)no1. The predicted molar refractivity (Wildman–Crippen MR) is 71.2 cm³/mol. The third-order valence-corrected chi connectivity index (χ3v) is 3.52. The molecule has 6 heteroatoms. The van der Waals surface area contributed by atoms with Crippen LogP contribution in [0.15, 0.2) is 40.2 Å². The van der Waals surface area contributed by atoms with E-state index in [2.05, 4.69) is 10.1 Å². The second-order valence-corrected chi connectivity index (χ2v) is 5.01. The van der Waals surface area contributed by atoms with Crippen molar-refractivity contribution in [1.82, 2.24) is 10.1 Å². The van der Waals surface area contributed by atoms with Crippen LogP contribution < -0.4 is 5.73 Å². The quantitative estimate of drug-likeness (QED) is 0.746. The standard InChI is InChI=1S/C13H10FN3OS/c14-9-4-1-5-10(15)12(9)13-16-11(17-18-13)7-8-3-2-6-19-8/h1-6H,7,15H2. The minimum absolute atomic E-state index is 0.113. The Hall–Kier alpha value is -2.21. The fourth-order valence-corrected chi connectivity index (χ4v) is 2.46. The van der Waals surface area contributed by atoms with Gasteiger partial charge in [0.2, 0.25) is 0 Å². The molecular formula is C13H10FN3OS. The molecule has 0 spiro atoms. The topological polar surface area (TPSA) is 64.9 Å². The van der Waals surface area contributed by atoms with Crippen molar-refractivity contribution in [2.45, 2.75) is 6.42 Å². The van der Waals surface area contributed by atoms with E-state index in [1.807, 2.05) is 17.5 Å². The molecule has 0 unspecified atom stereocenters. The summed E-state index contributed by atoms with van der Waals surface area (Å²) in [5.74, 6) is 0.161. The number of benzene rings is 1. The average molecular weight is 275 g/mol. The lowest BCUT2D eigenvalue weighted by Crippen LogP contribution is -1.94. The molecule has 3 aromatic rings. The molecule has 19 heavy (non-hydrogen) atoms. The van der Waals surface area contributed by atoms with Crippen LogP contribution in [0.2, 0.25) is 0 Å². The van der Waals surface area contributed by atoms with E-state index >= 15 is 0 Å². The number of nitrogens with two attached hydrogens (primary N) is 1. The van der Waals surface area contributed by atoms with Gasteiger partial charge >= 0.3 is 0 Å². The average Bonchev–Trinajstić information content (AvgIpc) is 3.02. The molecule has 0 atom stereocenters. The van der Waals surface area contributed by atoms with Crippen LogP contribution in [0.25, 0.3) is 11.5 Å². The normalized spacial score (nSPS) is 10.8. The molecule has 2 aromatic heterocycles. The van der Waals surface area contributed by atoms with E-state index < -0.39 is 5.82 Å². The zero-order valence-corrected chi connectivity index (χ0v) is 10.7. The smallest absolute Gasteiger partial charge is 0.263 e. The number of anilines is 1. The Morgan fingerprint density at radius 1 is 1.26 bits per heavy atom. The number of nitrogen functional groups attached to an aromatic ring is 1. The van der Waals surface area contributed by atoms with Crippen LogP contribution in [0.4, 0.5) is 10.1 Å². The largest absolute Gasteiger partial charge is 0.398 e. The van der Waals surface area contributed by atoms with E-state index in [1.54, 1.807) is 17.4 Å². The van der Waals surface area contributed by atoms with Crippen molar-refractivity contribution in [3.05, 3.63) is 52.2 Å². The third kappa shape index (κ3) is 2.34. The fraction of sp³-hybridized carbons (Fsp3) is 0.0769. The third-order valence-electron chi connectivity index (χ3n) is 2.64. The summed E-state index contributed by atoms with van der Waals surface area (Å²) < 4.78 is 18.8. The first-order valence-electron chi connectivity index (χ1n) is 5.63.